The van der Waals surface area contributed by atoms with Gasteiger partial charge in [0.25, 0.3) is 0 Å². The number of nitrogens with one attached hydrogen (secondary N) is 2. The van der Waals surface area contributed by atoms with Gasteiger partial charge in [-0.2, -0.15) is 5.10 Å². The number of anilines is 2. The first-order valence-corrected chi connectivity index (χ1v) is 10.6. The minimum atomic E-state index is -3.82. The Kier molecular flexibility index (Phi) is 5.82. The van der Waals surface area contributed by atoms with Gasteiger partial charge in [-0.3, -0.25) is 4.68 Å². The van der Waals surface area contributed by atoms with E-state index in [1.165, 1.54) is 23.5 Å². The molecule has 0 aliphatic carbocycles. The predicted octanol–water partition coefficient (Wildman–Crippen LogP) is 2.52. The molecule has 0 aliphatic heterocycles. The fourth-order valence-electron chi connectivity index (χ4n) is 2.42. The first-order valence-electron chi connectivity index (χ1n) is 7.94. The highest BCUT2D eigenvalue weighted by Crippen LogP contribution is 2.36. The number of hydrogen-bond acceptors (Lipinski definition) is 7. The molecule has 27 heavy (non-hydrogen) atoms. The molecule has 3 aromatic rings. The van der Waals surface area contributed by atoms with Crippen LogP contribution in [0, 0.1) is 6.92 Å². The van der Waals surface area contributed by atoms with Gasteiger partial charge in [-0.25, -0.2) is 18.1 Å². The maximum absolute atomic E-state index is 12.4. The van der Waals surface area contributed by atoms with Crippen LogP contribution >= 0.6 is 22.9 Å². The summed E-state index contributed by atoms with van der Waals surface area (Å²) in [6.45, 7) is 1.47. The number of nitrogens with zero attached hydrogens (tertiary/aromatic N) is 3. The fraction of sp³-hybridized carbons (Fsp3) is 0.250. The van der Waals surface area contributed by atoms with Crippen molar-refractivity contribution in [2.45, 2.75) is 11.8 Å². The Morgan fingerprint density at radius 3 is 2.78 bits per heavy atom. The molecule has 11 heteroatoms. The number of sulfonamides is 1. The van der Waals surface area contributed by atoms with Crippen LogP contribution in [0.4, 0.5) is 10.9 Å². The van der Waals surface area contributed by atoms with Gasteiger partial charge in [0.1, 0.15) is 4.90 Å². The maximum atomic E-state index is 12.4. The largest absolute Gasteiger partial charge is 0.395 e. The molecule has 0 aliphatic rings. The van der Waals surface area contributed by atoms with Crippen molar-refractivity contribution in [1.82, 2.24) is 19.5 Å². The van der Waals surface area contributed by atoms with Crippen LogP contribution in [0.15, 0.2) is 35.4 Å². The van der Waals surface area contributed by atoms with Gasteiger partial charge in [0.2, 0.25) is 10.0 Å². The smallest absolute Gasteiger partial charge is 0.242 e. The Morgan fingerprint density at radius 1 is 1.33 bits per heavy atom. The number of thiazole rings is 1. The summed E-state index contributed by atoms with van der Waals surface area (Å²) in [5.41, 5.74) is 1.44. The minimum Gasteiger partial charge on any atom is -0.395 e. The van der Waals surface area contributed by atoms with E-state index in [0.29, 0.717) is 16.5 Å². The number of aromatic nitrogens is 3. The van der Waals surface area contributed by atoms with Crippen molar-refractivity contribution in [2.24, 2.45) is 7.05 Å². The number of aliphatic hydroxyl groups excluding tert-OH is 1. The highest BCUT2D eigenvalue weighted by atomic mass is 35.5. The van der Waals surface area contributed by atoms with E-state index in [4.69, 9.17) is 16.7 Å². The average Bonchev–Trinajstić information content (AvgIpc) is 3.19. The quantitative estimate of drug-likeness (QED) is 0.534. The lowest BCUT2D eigenvalue weighted by Gasteiger charge is -2.09. The molecule has 0 spiro atoms. The monoisotopic (exact) mass is 427 g/mol. The SMILES string of the molecule is Cc1nc(Nc2ccn(C)n2)sc1-c1ccc(Cl)c(S(=O)(=O)NCCO)c1. The molecule has 0 amide bonds. The fourth-order valence-corrected chi connectivity index (χ4v) is 4.93. The van der Waals surface area contributed by atoms with Crippen LogP contribution in [-0.4, -0.2) is 41.4 Å². The highest BCUT2D eigenvalue weighted by Gasteiger charge is 2.20. The number of hydrogen-bond donors (Lipinski definition) is 3. The Morgan fingerprint density at radius 2 is 2.11 bits per heavy atom. The van der Waals surface area contributed by atoms with Crippen LogP contribution in [0.3, 0.4) is 0 Å². The molecule has 0 saturated heterocycles. The Hall–Kier alpha value is -1.98. The number of rotatable bonds is 7. The number of aryl methyl sites for hydroxylation is 2. The zero-order valence-corrected chi connectivity index (χ0v) is 17.0. The summed E-state index contributed by atoms with van der Waals surface area (Å²) >= 11 is 7.47. The van der Waals surface area contributed by atoms with Gasteiger partial charge in [-0.05, 0) is 24.6 Å². The summed E-state index contributed by atoms with van der Waals surface area (Å²) in [6, 6.07) is 6.62. The molecule has 0 fully saturated rings. The van der Waals surface area contributed by atoms with Gasteiger partial charge in [-0.1, -0.05) is 29.0 Å². The van der Waals surface area contributed by atoms with E-state index >= 15 is 0 Å². The van der Waals surface area contributed by atoms with E-state index in [-0.39, 0.29) is 23.1 Å². The average molecular weight is 428 g/mol. The zero-order valence-electron chi connectivity index (χ0n) is 14.6. The van der Waals surface area contributed by atoms with Crippen molar-refractivity contribution in [3.63, 3.8) is 0 Å². The second kappa shape index (κ2) is 7.95. The van der Waals surface area contributed by atoms with Crippen molar-refractivity contribution in [1.29, 1.82) is 0 Å². The molecule has 2 aromatic heterocycles. The van der Waals surface area contributed by atoms with E-state index in [1.807, 2.05) is 26.2 Å². The molecule has 0 bridgehead atoms. The van der Waals surface area contributed by atoms with Crippen LogP contribution in [0.2, 0.25) is 5.02 Å². The molecular formula is C16H18ClN5O3S2. The van der Waals surface area contributed by atoms with Gasteiger partial charge < -0.3 is 10.4 Å². The number of benzene rings is 1. The maximum Gasteiger partial charge on any atom is 0.242 e. The van der Waals surface area contributed by atoms with E-state index in [2.05, 4.69) is 20.1 Å². The molecule has 8 nitrogen and oxygen atoms in total. The van der Waals surface area contributed by atoms with Gasteiger partial charge in [0.05, 0.1) is 22.2 Å². The van der Waals surface area contributed by atoms with Crippen molar-refractivity contribution >= 4 is 43.9 Å². The van der Waals surface area contributed by atoms with Crippen molar-refractivity contribution in [3.8, 4) is 10.4 Å². The second-order valence-electron chi connectivity index (χ2n) is 5.70. The molecule has 144 valence electrons. The van der Waals surface area contributed by atoms with Crippen LogP contribution in [0.25, 0.3) is 10.4 Å². The Bertz CT molecular complexity index is 1060. The van der Waals surface area contributed by atoms with Gasteiger partial charge in [0.15, 0.2) is 10.9 Å². The molecule has 0 saturated carbocycles. The molecule has 2 heterocycles. The Balaban J connectivity index is 1.94. The van der Waals surface area contributed by atoms with Gasteiger partial charge in [-0.15, -0.1) is 0 Å². The highest BCUT2D eigenvalue weighted by molar-refractivity contribution is 7.89. The van der Waals surface area contributed by atoms with Crippen molar-refractivity contribution in [3.05, 3.63) is 41.2 Å². The molecule has 0 radical (unpaired) electrons. The third kappa shape index (κ3) is 4.47. The second-order valence-corrected chi connectivity index (χ2v) is 8.84. The summed E-state index contributed by atoms with van der Waals surface area (Å²) in [6.07, 6.45) is 1.82. The lowest BCUT2D eigenvalue weighted by molar-refractivity contribution is 0.301. The summed E-state index contributed by atoms with van der Waals surface area (Å²) in [7, 11) is -2.00. The van der Waals surface area contributed by atoms with E-state index in [1.54, 1.807) is 10.7 Å². The lowest BCUT2D eigenvalue weighted by atomic mass is 10.2. The summed E-state index contributed by atoms with van der Waals surface area (Å²) in [5, 5.41) is 17.0. The van der Waals surface area contributed by atoms with Crippen LogP contribution in [0.1, 0.15) is 5.69 Å². The molecule has 3 rings (SSSR count). The van der Waals surface area contributed by atoms with E-state index in [0.717, 1.165) is 10.6 Å². The zero-order chi connectivity index (χ0) is 19.6. The third-order valence-corrected chi connectivity index (χ3v) is 6.70. The minimum absolute atomic E-state index is 0.0397. The molecular weight excluding hydrogens is 410 g/mol. The van der Waals surface area contributed by atoms with E-state index < -0.39 is 10.0 Å². The first kappa shape index (κ1) is 19.8. The normalized spacial score (nSPS) is 11.7. The van der Waals surface area contributed by atoms with E-state index in [9.17, 15) is 8.42 Å². The van der Waals surface area contributed by atoms with Crippen LogP contribution < -0.4 is 10.0 Å². The van der Waals surface area contributed by atoms with Gasteiger partial charge >= 0.3 is 0 Å². The summed E-state index contributed by atoms with van der Waals surface area (Å²) in [4.78, 5) is 5.27. The topological polar surface area (TPSA) is 109 Å². The predicted molar refractivity (Wildman–Crippen MR) is 106 cm³/mol. The standard InChI is InChI=1S/C16H18ClN5O3S2/c1-10-15(26-16(19-10)20-14-5-7-22(2)21-14)11-3-4-12(17)13(9-11)27(24,25)18-6-8-23/h3-5,7,9,18,23H,6,8H2,1-2H3,(H,19,20,21). The summed E-state index contributed by atoms with van der Waals surface area (Å²) in [5.74, 6) is 0.672. The van der Waals surface area contributed by atoms with Gasteiger partial charge in [0, 0.05) is 25.9 Å². The molecule has 3 N–H and O–H groups in total. The first-order chi connectivity index (χ1) is 12.8. The molecule has 0 unspecified atom stereocenters. The van der Waals surface area contributed by atoms with Crippen LogP contribution in [0.5, 0.6) is 0 Å². The number of halogens is 1. The third-order valence-electron chi connectivity index (χ3n) is 3.63. The molecule has 0 atom stereocenters. The lowest BCUT2D eigenvalue weighted by Crippen LogP contribution is -2.26. The van der Waals surface area contributed by atoms with Crippen LogP contribution in [-0.2, 0) is 17.1 Å². The number of aliphatic hydroxyl groups is 1. The Labute approximate surface area is 165 Å². The molecule has 1 aromatic carbocycles. The van der Waals surface area contributed by atoms with Crippen molar-refractivity contribution in [2.75, 3.05) is 18.5 Å². The summed E-state index contributed by atoms with van der Waals surface area (Å²) < 4.78 is 28.8. The van der Waals surface area contributed by atoms with Crippen molar-refractivity contribution < 1.29 is 13.5 Å².